The van der Waals surface area contributed by atoms with Crippen LogP contribution >= 0.6 is 0 Å². The number of hydrogen-bond acceptors (Lipinski definition) is 5. The highest BCUT2D eigenvalue weighted by atomic mass is 19.1. The molecule has 6 nitrogen and oxygen atoms in total. The van der Waals surface area contributed by atoms with E-state index in [1.54, 1.807) is 6.20 Å². The number of anilines is 1. The normalized spacial score (nSPS) is 11.2. The van der Waals surface area contributed by atoms with Gasteiger partial charge in [-0.25, -0.2) is 23.7 Å². The second-order valence-electron chi connectivity index (χ2n) is 8.00. The van der Waals surface area contributed by atoms with Gasteiger partial charge in [-0.15, -0.1) is 0 Å². The molecule has 0 unspecified atom stereocenters. The van der Waals surface area contributed by atoms with Gasteiger partial charge in [0.2, 0.25) is 5.95 Å². The van der Waals surface area contributed by atoms with Crippen molar-refractivity contribution in [2.45, 2.75) is 20.0 Å². The maximum Gasteiger partial charge on any atom is 0.223 e. The molecule has 0 saturated heterocycles. The van der Waals surface area contributed by atoms with Crippen LogP contribution in [0, 0.1) is 18.6 Å². The third-order valence-corrected chi connectivity index (χ3v) is 5.60. The van der Waals surface area contributed by atoms with Crippen LogP contribution < -0.4 is 11.1 Å². The number of nitrogens with zero attached hydrogens (tertiary/aromatic N) is 4. The van der Waals surface area contributed by atoms with Gasteiger partial charge in [0, 0.05) is 42.7 Å². The molecule has 0 atom stereocenters. The number of pyridine rings is 1. The van der Waals surface area contributed by atoms with Gasteiger partial charge in [0.1, 0.15) is 17.3 Å². The zero-order valence-electron chi connectivity index (χ0n) is 18.5. The summed E-state index contributed by atoms with van der Waals surface area (Å²) in [6, 6.07) is 17.3. The topological polar surface area (TPSA) is 81.1 Å². The molecule has 0 spiro atoms. The van der Waals surface area contributed by atoms with Gasteiger partial charge in [0.25, 0.3) is 0 Å². The van der Waals surface area contributed by atoms with Crippen molar-refractivity contribution in [2.24, 2.45) is 5.73 Å². The Bertz CT molecular complexity index is 1480. The van der Waals surface area contributed by atoms with E-state index in [1.807, 2.05) is 60.0 Å². The van der Waals surface area contributed by atoms with E-state index in [2.05, 4.69) is 15.3 Å². The molecule has 0 bridgehead atoms. The monoisotopic (exact) mass is 456 g/mol. The predicted octanol–water partition coefficient (Wildman–Crippen LogP) is 5.12. The Labute approximate surface area is 195 Å². The van der Waals surface area contributed by atoms with Gasteiger partial charge in [-0.1, -0.05) is 35.9 Å². The van der Waals surface area contributed by atoms with Gasteiger partial charge in [-0.2, -0.15) is 0 Å². The maximum atomic E-state index is 14.0. The van der Waals surface area contributed by atoms with E-state index in [1.165, 1.54) is 12.1 Å². The molecule has 2 aromatic carbocycles. The van der Waals surface area contributed by atoms with Crippen molar-refractivity contribution in [2.75, 3.05) is 5.32 Å². The Morgan fingerprint density at radius 3 is 2.56 bits per heavy atom. The molecule has 0 aliphatic heterocycles. The van der Waals surface area contributed by atoms with Gasteiger partial charge in [0.15, 0.2) is 0 Å². The molecule has 3 aromatic heterocycles. The highest BCUT2D eigenvalue weighted by Crippen LogP contribution is 2.32. The summed E-state index contributed by atoms with van der Waals surface area (Å²) in [7, 11) is 0. The number of nitrogens with one attached hydrogen (secondary N) is 1. The quantitative estimate of drug-likeness (QED) is 0.371. The first kappa shape index (κ1) is 21.7. The van der Waals surface area contributed by atoms with Crippen molar-refractivity contribution in [3.63, 3.8) is 0 Å². The van der Waals surface area contributed by atoms with Crippen LogP contribution in [0.15, 0.2) is 73.1 Å². The summed E-state index contributed by atoms with van der Waals surface area (Å²) in [5.41, 5.74) is 12.2. The van der Waals surface area contributed by atoms with Gasteiger partial charge in [-0.3, -0.25) is 4.40 Å². The van der Waals surface area contributed by atoms with Gasteiger partial charge < -0.3 is 11.1 Å². The van der Waals surface area contributed by atoms with E-state index >= 15 is 0 Å². The highest BCUT2D eigenvalue weighted by Gasteiger charge is 2.18. The molecule has 34 heavy (non-hydrogen) atoms. The molecule has 5 aromatic rings. The number of fused-ring (bicyclic) bond motifs is 1. The molecule has 0 amide bonds. The fourth-order valence-electron chi connectivity index (χ4n) is 3.79. The summed E-state index contributed by atoms with van der Waals surface area (Å²) in [5, 5.41) is 3.03. The maximum absolute atomic E-state index is 14.0. The molecule has 8 heteroatoms. The zero-order chi connectivity index (χ0) is 23.7. The Kier molecular flexibility index (Phi) is 5.73. The van der Waals surface area contributed by atoms with Crippen LogP contribution in [0.25, 0.3) is 28.3 Å². The zero-order valence-corrected chi connectivity index (χ0v) is 18.5. The summed E-state index contributed by atoms with van der Waals surface area (Å²) in [5.74, 6) is -0.916. The standard InChI is InChI=1S/C26H22F2N6/c1-16-2-4-18(5-3-16)24-25(34-11-9-17(14-29)12-23(34)33-24)22-8-10-30-26(32-22)31-15-19-6-7-20(27)13-21(19)28/h2-13H,14-15,29H2,1H3,(H,30,31,32). The Hall–Kier alpha value is -4.17. The first-order valence-electron chi connectivity index (χ1n) is 10.8. The Morgan fingerprint density at radius 1 is 0.971 bits per heavy atom. The van der Waals surface area contributed by atoms with Crippen molar-refractivity contribution in [3.05, 3.63) is 101 Å². The molecule has 0 fully saturated rings. The van der Waals surface area contributed by atoms with Crippen molar-refractivity contribution in [1.29, 1.82) is 0 Å². The van der Waals surface area contributed by atoms with Crippen LogP contribution in [-0.2, 0) is 13.1 Å². The van der Waals surface area contributed by atoms with Crippen LogP contribution in [0.5, 0.6) is 0 Å². The molecule has 0 aliphatic rings. The highest BCUT2D eigenvalue weighted by molar-refractivity contribution is 5.81. The lowest BCUT2D eigenvalue weighted by molar-refractivity contribution is 0.574. The van der Waals surface area contributed by atoms with E-state index in [4.69, 9.17) is 10.7 Å². The number of benzene rings is 2. The van der Waals surface area contributed by atoms with Crippen molar-refractivity contribution in [1.82, 2.24) is 19.4 Å². The molecule has 3 N–H and O–H groups in total. The SMILES string of the molecule is Cc1ccc(-c2nc3cc(CN)ccn3c2-c2ccnc(NCc3ccc(F)cc3F)n2)cc1. The number of hydrogen-bond donors (Lipinski definition) is 2. The van der Waals surface area contributed by atoms with E-state index in [-0.39, 0.29) is 6.54 Å². The lowest BCUT2D eigenvalue weighted by Gasteiger charge is -2.09. The minimum Gasteiger partial charge on any atom is -0.350 e. The number of nitrogens with two attached hydrogens (primary N) is 1. The minimum absolute atomic E-state index is 0.118. The fourth-order valence-corrected chi connectivity index (χ4v) is 3.79. The Balaban J connectivity index is 1.56. The third-order valence-electron chi connectivity index (χ3n) is 5.60. The first-order valence-corrected chi connectivity index (χ1v) is 10.8. The molecule has 0 radical (unpaired) electrons. The number of halogens is 2. The molecule has 170 valence electrons. The summed E-state index contributed by atoms with van der Waals surface area (Å²) in [6.45, 7) is 2.57. The summed E-state index contributed by atoms with van der Waals surface area (Å²) in [6.07, 6.45) is 3.57. The number of aromatic nitrogens is 4. The molecule has 0 aliphatic carbocycles. The van der Waals surface area contributed by atoms with Crippen LogP contribution in [0.3, 0.4) is 0 Å². The average molecular weight is 457 g/mol. The first-order chi connectivity index (χ1) is 16.5. The molecular weight excluding hydrogens is 434 g/mol. The second kappa shape index (κ2) is 8.99. The predicted molar refractivity (Wildman–Crippen MR) is 128 cm³/mol. The van der Waals surface area contributed by atoms with Crippen LogP contribution in [0.1, 0.15) is 16.7 Å². The largest absolute Gasteiger partial charge is 0.350 e. The van der Waals surface area contributed by atoms with E-state index in [0.29, 0.717) is 23.8 Å². The number of imidazole rings is 1. The molecule has 0 saturated carbocycles. The van der Waals surface area contributed by atoms with Crippen LogP contribution in [0.2, 0.25) is 0 Å². The minimum atomic E-state index is -0.622. The number of rotatable bonds is 6. The lowest BCUT2D eigenvalue weighted by atomic mass is 10.1. The molecular formula is C26H22F2N6. The van der Waals surface area contributed by atoms with E-state index < -0.39 is 11.6 Å². The lowest BCUT2D eigenvalue weighted by Crippen LogP contribution is -2.06. The summed E-state index contributed by atoms with van der Waals surface area (Å²) in [4.78, 5) is 13.8. The summed E-state index contributed by atoms with van der Waals surface area (Å²) >= 11 is 0. The fraction of sp³-hybridized carbons (Fsp3) is 0.115. The van der Waals surface area contributed by atoms with Gasteiger partial charge in [0.05, 0.1) is 17.1 Å². The smallest absolute Gasteiger partial charge is 0.223 e. The van der Waals surface area contributed by atoms with Gasteiger partial charge >= 0.3 is 0 Å². The molecule has 5 rings (SSSR count). The van der Waals surface area contributed by atoms with Crippen LogP contribution in [-0.4, -0.2) is 19.4 Å². The molecule has 3 heterocycles. The summed E-state index contributed by atoms with van der Waals surface area (Å²) < 4.78 is 29.2. The van der Waals surface area contributed by atoms with Crippen molar-refractivity contribution in [3.8, 4) is 22.6 Å². The van der Waals surface area contributed by atoms with Crippen LogP contribution in [0.4, 0.5) is 14.7 Å². The number of aryl methyl sites for hydroxylation is 1. The van der Waals surface area contributed by atoms with Crippen molar-refractivity contribution < 1.29 is 8.78 Å². The van der Waals surface area contributed by atoms with E-state index in [0.717, 1.165) is 39.8 Å². The van der Waals surface area contributed by atoms with Crippen molar-refractivity contribution >= 4 is 11.6 Å². The van der Waals surface area contributed by atoms with Gasteiger partial charge in [-0.05, 0) is 36.8 Å². The second-order valence-corrected chi connectivity index (χ2v) is 8.00. The average Bonchev–Trinajstić information content (AvgIpc) is 3.23. The Morgan fingerprint density at radius 2 is 1.79 bits per heavy atom. The van der Waals surface area contributed by atoms with E-state index in [9.17, 15) is 8.78 Å². The third kappa shape index (κ3) is 4.23.